The molecule has 1 aliphatic heterocycles. The number of nitrogens with one attached hydrogen (secondary N) is 1. The Balaban J connectivity index is 2.41. The predicted molar refractivity (Wildman–Crippen MR) is 53.5 cm³/mol. The van der Waals surface area contributed by atoms with Crippen LogP contribution in [0.3, 0.4) is 0 Å². The Kier molecular flexibility index (Phi) is 1.53. The van der Waals surface area contributed by atoms with Crippen LogP contribution < -0.4 is 10.1 Å². The quantitative estimate of drug-likeness (QED) is 0.677. The summed E-state index contributed by atoms with van der Waals surface area (Å²) in [6.07, 6.45) is 1.57. The molecule has 0 unspecified atom stereocenters. The van der Waals surface area contributed by atoms with E-state index in [0.29, 0.717) is 6.61 Å². The summed E-state index contributed by atoms with van der Waals surface area (Å²) in [6, 6.07) is 5.85. The van der Waals surface area contributed by atoms with Gasteiger partial charge in [-0.2, -0.15) is 0 Å². The van der Waals surface area contributed by atoms with Gasteiger partial charge in [-0.05, 0) is 12.1 Å². The molecular formula is C10H9N3O. The van der Waals surface area contributed by atoms with Crippen LogP contribution in [0.2, 0.25) is 0 Å². The average molecular weight is 187 g/mol. The van der Waals surface area contributed by atoms with E-state index in [9.17, 15) is 0 Å². The molecule has 1 aromatic heterocycles. The molecule has 0 saturated heterocycles. The first-order valence-electron chi connectivity index (χ1n) is 4.55. The van der Waals surface area contributed by atoms with Crippen LogP contribution in [0.1, 0.15) is 0 Å². The molecule has 2 aromatic rings. The maximum atomic E-state index is 5.58. The Hall–Kier alpha value is -1.84. The van der Waals surface area contributed by atoms with Crippen molar-refractivity contribution in [2.45, 2.75) is 0 Å². The van der Waals surface area contributed by atoms with E-state index in [1.165, 1.54) is 0 Å². The highest BCUT2D eigenvalue weighted by Crippen LogP contribution is 2.30. The molecule has 2 heterocycles. The van der Waals surface area contributed by atoms with Gasteiger partial charge in [-0.15, -0.1) is 0 Å². The first-order chi connectivity index (χ1) is 6.95. The lowest BCUT2D eigenvalue weighted by atomic mass is 10.2. The zero-order chi connectivity index (χ0) is 9.38. The maximum Gasteiger partial charge on any atom is 0.141 e. The molecule has 0 aliphatic carbocycles. The molecule has 0 spiro atoms. The van der Waals surface area contributed by atoms with Crippen molar-refractivity contribution in [2.75, 3.05) is 18.5 Å². The summed E-state index contributed by atoms with van der Waals surface area (Å²) in [6.45, 7) is 1.44. The Morgan fingerprint density at radius 2 is 2.29 bits per heavy atom. The van der Waals surface area contributed by atoms with Gasteiger partial charge in [0.2, 0.25) is 0 Å². The zero-order valence-corrected chi connectivity index (χ0v) is 7.53. The highest BCUT2D eigenvalue weighted by atomic mass is 16.5. The van der Waals surface area contributed by atoms with Crippen molar-refractivity contribution in [2.24, 2.45) is 0 Å². The highest BCUT2D eigenvalue weighted by molar-refractivity contribution is 5.94. The van der Waals surface area contributed by atoms with Crippen LogP contribution in [0, 0.1) is 0 Å². The summed E-state index contributed by atoms with van der Waals surface area (Å²) in [5, 5.41) is 4.19. The number of nitrogens with zero attached hydrogens (tertiary/aromatic N) is 2. The molecule has 3 rings (SSSR count). The van der Waals surface area contributed by atoms with Crippen LogP contribution in [0.4, 0.5) is 5.82 Å². The van der Waals surface area contributed by atoms with Crippen molar-refractivity contribution >= 4 is 16.7 Å². The van der Waals surface area contributed by atoms with Gasteiger partial charge in [0.1, 0.15) is 24.5 Å². The van der Waals surface area contributed by atoms with Crippen LogP contribution in [-0.2, 0) is 0 Å². The van der Waals surface area contributed by atoms with Gasteiger partial charge >= 0.3 is 0 Å². The van der Waals surface area contributed by atoms with E-state index in [1.54, 1.807) is 6.33 Å². The summed E-state index contributed by atoms with van der Waals surface area (Å²) in [4.78, 5) is 8.39. The molecule has 4 nitrogen and oxygen atoms in total. The molecule has 0 amide bonds. The van der Waals surface area contributed by atoms with Gasteiger partial charge in [0.25, 0.3) is 0 Å². The predicted octanol–water partition coefficient (Wildman–Crippen LogP) is 1.43. The number of aromatic nitrogens is 2. The topological polar surface area (TPSA) is 47.0 Å². The fourth-order valence-electron chi connectivity index (χ4n) is 1.66. The van der Waals surface area contributed by atoms with E-state index >= 15 is 0 Å². The normalized spacial score (nSPS) is 14.3. The van der Waals surface area contributed by atoms with Crippen LogP contribution in [0.15, 0.2) is 24.5 Å². The van der Waals surface area contributed by atoms with Gasteiger partial charge in [0.15, 0.2) is 0 Å². The van der Waals surface area contributed by atoms with Gasteiger partial charge in [-0.25, -0.2) is 9.97 Å². The molecule has 1 N–H and O–H groups in total. The molecule has 4 heteroatoms. The van der Waals surface area contributed by atoms with Gasteiger partial charge in [-0.3, -0.25) is 0 Å². The van der Waals surface area contributed by atoms with E-state index in [4.69, 9.17) is 4.74 Å². The van der Waals surface area contributed by atoms with Gasteiger partial charge in [-0.1, -0.05) is 6.07 Å². The summed E-state index contributed by atoms with van der Waals surface area (Å²) >= 11 is 0. The van der Waals surface area contributed by atoms with Crippen molar-refractivity contribution in [3.63, 3.8) is 0 Å². The minimum Gasteiger partial charge on any atom is -0.491 e. The van der Waals surface area contributed by atoms with Gasteiger partial charge in [0, 0.05) is 0 Å². The standard InChI is InChI=1S/C10H9N3O/c1-2-7-9-8(3-1)14-5-4-11-10(9)13-6-12-7/h1-3,6H,4-5H2,(H,11,12,13). The van der Waals surface area contributed by atoms with E-state index in [0.717, 1.165) is 29.0 Å². The fraction of sp³-hybridized carbons (Fsp3) is 0.200. The number of hydrogen-bond donors (Lipinski definition) is 1. The molecular weight excluding hydrogens is 178 g/mol. The first kappa shape index (κ1) is 7.55. The summed E-state index contributed by atoms with van der Waals surface area (Å²) in [5.41, 5.74) is 0.918. The van der Waals surface area contributed by atoms with Crippen LogP contribution in [0.5, 0.6) is 5.75 Å². The van der Waals surface area contributed by atoms with E-state index in [-0.39, 0.29) is 0 Å². The summed E-state index contributed by atoms with van der Waals surface area (Å²) < 4.78 is 5.58. The van der Waals surface area contributed by atoms with Crippen molar-refractivity contribution in [3.05, 3.63) is 24.5 Å². The van der Waals surface area contributed by atoms with E-state index < -0.39 is 0 Å². The lowest BCUT2D eigenvalue weighted by Gasteiger charge is -2.04. The van der Waals surface area contributed by atoms with E-state index in [1.807, 2.05) is 18.2 Å². The monoisotopic (exact) mass is 187 g/mol. The molecule has 0 bridgehead atoms. The fourth-order valence-corrected chi connectivity index (χ4v) is 1.66. The zero-order valence-electron chi connectivity index (χ0n) is 7.53. The number of anilines is 1. The van der Waals surface area contributed by atoms with Gasteiger partial charge < -0.3 is 10.1 Å². The molecule has 0 saturated carbocycles. The second-order valence-electron chi connectivity index (χ2n) is 3.15. The maximum absolute atomic E-state index is 5.58. The highest BCUT2D eigenvalue weighted by Gasteiger charge is 2.12. The molecule has 0 atom stereocenters. The Bertz CT molecular complexity index is 443. The minimum atomic E-state index is 0.662. The Morgan fingerprint density at radius 1 is 1.29 bits per heavy atom. The van der Waals surface area contributed by atoms with Gasteiger partial charge in [0.05, 0.1) is 17.4 Å². The lowest BCUT2D eigenvalue weighted by Crippen LogP contribution is -2.08. The molecule has 0 fully saturated rings. The van der Waals surface area contributed by atoms with Crippen LogP contribution in [0.25, 0.3) is 10.9 Å². The molecule has 1 aliphatic rings. The van der Waals surface area contributed by atoms with Crippen molar-refractivity contribution in [3.8, 4) is 5.75 Å². The Morgan fingerprint density at radius 3 is 3.29 bits per heavy atom. The summed E-state index contributed by atoms with van der Waals surface area (Å²) in [5.74, 6) is 1.73. The molecule has 0 radical (unpaired) electrons. The third-order valence-electron chi connectivity index (χ3n) is 2.28. The molecule has 14 heavy (non-hydrogen) atoms. The Labute approximate surface area is 80.9 Å². The van der Waals surface area contributed by atoms with Crippen LogP contribution >= 0.6 is 0 Å². The second-order valence-corrected chi connectivity index (χ2v) is 3.15. The first-order valence-corrected chi connectivity index (χ1v) is 4.55. The van der Waals surface area contributed by atoms with E-state index in [2.05, 4.69) is 15.3 Å². The third kappa shape index (κ3) is 1.00. The second kappa shape index (κ2) is 2.83. The number of benzene rings is 1. The minimum absolute atomic E-state index is 0.662. The number of ether oxygens (including phenoxy) is 1. The molecule has 1 aromatic carbocycles. The van der Waals surface area contributed by atoms with Crippen molar-refractivity contribution in [1.82, 2.24) is 9.97 Å². The SMILES string of the molecule is c1cc2c3c(ncnc3c1)NCCO2. The van der Waals surface area contributed by atoms with Crippen molar-refractivity contribution < 1.29 is 4.74 Å². The molecule has 70 valence electrons. The number of hydrogen-bond acceptors (Lipinski definition) is 4. The average Bonchev–Trinajstić information content (AvgIpc) is 2.44. The van der Waals surface area contributed by atoms with Crippen LogP contribution in [-0.4, -0.2) is 23.1 Å². The number of rotatable bonds is 0. The lowest BCUT2D eigenvalue weighted by molar-refractivity contribution is 0.339. The largest absolute Gasteiger partial charge is 0.491 e. The summed E-state index contributed by atoms with van der Waals surface area (Å²) in [7, 11) is 0. The smallest absolute Gasteiger partial charge is 0.141 e. The van der Waals surface area contributed by atoms with Crippen molar-refractivity contribution in [1.29, 1.82) is 0 Å². The third-order valence-corrected chi connectivity index (χ3v) is 2.28.